The van der Waals surface area contributed by atoms with Crippen LogP contribution in [0.15, 0.2) is 16.6 Å². The van der Waals surface area contributed by atoms with Gasteiger partial charge in [0.25, 0.3) is 0 Å². The molecule has 3 N–H and O–H groups in total. The fourth-order valence-electron chi connectivity index (χ4n) is 1.75. The average Bonchev–Trinajstić information content (AvgIpc) is 2.26. The lowest BCUT2D eigenvalue weighted by Gasteiger charge is -2.26. The van der Waals surface area contributed by atoms with Crippen molar-refractivity contribution >= 4 is 27.5 Å². The number of nitrogens with one attached hydrogen (secondary N) is 2. The van der Waals surface area contributed by atoms with Gasteiger partial charge in [0.05, 0.1) is 4.47 Å². The number of hydrogen-bond donors (Lipinski definition) is 3. The standard InChI is InChI=1S/C10H12BrClN2O/c11-6-1-2-7(12)9(10(6)15)8-5-13-3-4-14-8/h1-2,8,13-15H,3-5H2/t8-/m1/s1. The van der Waals surface area contributed by atoms with Crippen LogP contribution in [-0.4, -0.2) is 24.7 Å². The van der Waals surface area contributed by atoms with Crippen molar-refractivity contribution in [1.29, 1.82) is 0 Å². The quantitative estimate of drug-likeness (QED) is 0.742. The summed E-state index contributed by atoms with van der Waals surface area (Å²) in [7, 11) is 0. The van der Waals surface area contributed by atoms with E-state index in [1.807, 2.05) is 0 Å². The Morgan fingerprint density at radius 1 is 1.40 bits per heavy atom. The number of halogens is 2. The van der Waals surface area contributed by atoms with Crippen LogP contribution in [0.1, 0.15) is 11.6 Å². The van der Waals surface area contributed by atoms with E-state index in [2.05, 4.69) is 26.6 Å². The number of aromatic hydroxyl groups is 1. The fourth-order valence-corrected chi connectivity index (χ4v) is 2.38. The van der Waals surface area contributed by atoms with E-state index in [0.29, 0.717) is 9.50 Å². The molecule has 82 valence electrons. The Labute approximate surface area is 102 Å². The lowest BCUT2D eigenvalue weighted by Crippen LogP contribution is -2.42. The molecule has 1 fully saturated rings. The highest BCUT2D eigenvalue weighted by molar-refractivity contribution is 9.10. The highest BCUT2D eigenvalue weighted by atomic mass is 79.9. The third-order valence-corrected chi connectivity index (χ3v) is 3.47. The van der Waals surface area contributed by atoms with Gasteiger partial charge in [0, 0.05) is 36.3 Å². The Kier molecular flexibility index (Phi) is 3.51. The van der Waals surface area contributed by atoms with Crippen LogP contribution in [0.5, 0.6) is 5.75 Å². The van der Waals surface area contributed by atoms with Crippen LogP contribution in [0.2, 0.25) is 5.02 Å². The maximum Gasteiger partial charge on any atom is 0.136 e. The maximum atomic E-state index is 9.93. The second-order valence-electron chi connectivity index (χ2n) is 3.50. The predicted molar refractivity (Wildman–Crippen MR) is 64.4 cm³/mol. The van der Waals surface area contributed by atoms with Gasteiger partial charge >= 0.3 is 0 Å². The van der Waals surface area contributed by atoms with Gasteiger partial charge in [-0.3, -0.25) is 0 Å². The summed E-state index contributed by atoms with van der Waals surface area (Å²) in [4.78, 5) is 0. The summed E-state index contributed by atoms with van der Waals surface area (Å²) in [5.74, 6) is 0.226. The van der Waals surface area contributed by atoms with Crippen LogP contribution in [0, 0.1) is 0 Å². The Hall–Kier alpha value is -0.290. The molecule has 3 nitrogen and oxygen atoms in total. The van der Waals surface area contributed by atoms with Crippen molar-refractivity contribution in [3.05, 3.63) is 27.2 Å². The summed E-state index contributed by atoms with van der Waals surface area (Å²) in [5.41, 5.74) is 0.762. The number of hydrogen-bond acceptors (Lipinski definition) is 3. The zero-order chi connectivity index (χ0) is 10.8. The van der Waals surface area contributed by atoms with E-state index in [1.165, 1.54) is 0 Å². The molecule has 2 rings (SSSR count). The second-order valence-corrected chi connectivity index (χ2v) is 4.76. The molecular formula is C10H12BrClN2O. The third kappa shape index (κ3) is 2.28. The third-order valence-electron chi connectivity index (χ3n) is 2.50. The average molecular weight is 292 g/mol. The van der Waals surface area contributed by atoms with Crippen LogP contribution >= 0.6 is 27.5 Å². The SMILES string of the molecule is Oc1c(Br)ccc(Cl)c1[C@H]1CNCCN1. The zero-order valence-corrected chi connectivity index (χ0v) is 10.4. The summed E-state index contributed by atoms with van der Waals surface area (Å²) in [6, 6.07) is 3.61. The monoisotopic (exact) mass is 290 g/mol. The molecule has 0 radical (unpaired) electrons. The molecule has 1 aromatic carbocycles. The highest BCUT2D eigenvalue weighted by Crippen LogP contribution is 2.37. The minimum absolute atomic E-state index is 0.0729. The van der Waals surface area contributed by atoms with Crippen LogP contribution in [-0.2, 0) is 0 Å². The summed E-state index contributed by atoms with van der Waals surface area (Å²) >= 11 is 9.38. The van der Waals surface area contributed by atoms with Crippen molar-refractivity contribution in [2.75, 3.05) is 19.6 Å². The van der Waals surface area contributed by atoms with Crippen LogP contribution in [0.25, 0.3) is 0 Å². The molecule has 1 aliphatic rings. The Balaban J connectivity index is 2.36. The summed E-state index contributed by atoms with van der Waals surface area (Å²) < 4.78 is 0.675. The number of benzene rings is 1. The first kappa shape index (κ1) is 11.2. The van der Waals surface area contributed by atoms with Gasteiger partial charge in [-0.05, 0) is 28.1 Å². The molecule has 0 bridgehead atoms. The molecule has 1 saturated heterocycles. The molecule has 1 aliphatic heterocycles. The van der Waals surface area contributed by atoms with E-state index >= 15 is 0 Å². The number of rotatable bonds is 1. The Bertz CT molecular complexity index is 367. The van der Waals surface area contributed by atoms with Gasteiger partial charge in [0.2, 0.25) is 0 Å². The molecule has 1 heterocycles. The molecule has 1 aromatic rings. The molecule has 0 aliphatic carbocycles. The molecular weight excluding hydrogens is 279 g/mol. The van der Waals surface area contributed by atoms with Gasteiger partial charge in [-0.2, -0.15) is 0 Å². The second kappa shape index (κ2) is 4.70. The number of phenolic OH excluding ortho intramolecular Hbond substituents is 1. The lowest BCUT2D eigenvalue weighted by atomic mass is 10.0. The van der Waals surface area contributed by atoms with Crippen LogP contribution in [0.4, 0.5) is 0 Å². The van der Waals surface area contributed by atoms with Gasteiger partial charge in [-0.1, -0.05) is 11.6 Å². The lowest BCUT2D eigenvalue weighted by molar-refractivity contribution is 0.403. The van der Waals surface area contributed by atoms with Crippen LogP contribution in [0.3, 0.4) is 0 Å². The van der Waals surface area contributed by atoms with Gasteiger partial charge < -0.3 is 15.7 Å². The molecule has 0 spiro atoms. The smallest absolute Gasteiger partial charge is 0.136 e. The largest absolute Gasteiger partial charge is 0.506 e. The predicted octanol–water partition coefficient (Wildman–Crippen LogP) is 2.04. The molecule has 0 aromatic heterocycles. The fraction of sp³-hybridized carbons (Fsp3) is 0.400. The highest BCUT2D eigenvalue weighted by Gasteiger charge is 2.21. The molecule has 5 heteroatoms. The van der Waals surface area contributed by atoms with Crippen molar-refractivity contribution in [2.24, 2.45) is 0 Å². The zero-order valence-electron chi connectivity index (χ0n) is 8.06. The summed E-state index contributed by atoms with van der Waals surface area (Å²) in [6.07, 6.45) is 0. The molecule has 1 atom stereocenters. The van der Waals surface area contributed by atoms with E-state index in [0.717, 1.165) is 25.2 Å². The van der Waals surface area contributed by atoms with E-state index in [9.17, 15) is 5.11 Å². The first-order chi connectivity index (χ1) is 7.20. The summed E-state index contributed by atoms with van der Waals surface area (Å²) in [6.45, 7) is 2.61. The topological polar surface area (TPSA) is 44.3 Å². The van der Waals surface area contributed by atoms with Crippen molar-refractivity contribution in [2.45, 2.75) is 6.04 Å². The molecule has 15 heavy (non-hydrogen) atoms. The number of piperazine rings is 1. The van der Waals surface area contributed by atoms with Crippen molar-refractivity contribution in [3.8, 4) is 5.75 Å². The van der Waals surface area contributed by atoms with E-state index < -0.39 is 0 Å². The maximum absolute atomic E-state index is 9.93. The molecule has 0 saturated carbocycles. The minimum Gasteiger partial charge on any atom is -0.506 e. The molecule has 0 unspecified atom stereocenters. The van der Waals surface area contributed by atoms with Gasteiger partial charge in [0.15, 0.2) is 0 Å². The summed E-state index contributed by atoms with van der Waals surface area (Å²) in [5, 5.41) is 17.1. The normalized spacial score (nSPS) is 21.6. The van der Waals surface area contributed by atoms with E-state index in [4.69, 9.17) is 11.6 Å². The van der Waals surface area contributed by atoms with Crippen molar-refractivity contribution < 1.29 is 5.11 Å². The number of phenols is 1. The Morgan fingerprint density at radius 2 is 2.20 bits per heavy atom. The van der Waals surface area contributed by atoms with Gasteiger partial charge in [-0.25, -0.2) is 0 Å². The van der Waals surface area contributed by atoms with Crippen molar-refractivity contribution in [1.82, 2.24) is 10.6 Å². The van der Waals surface area contributed by atoms with E-state index in [-0.39, 0.29) is 11.8 Å². The van der Waals surface area contributed by atoms with E-state index in [1.54, 1.807) is 12.1 Å². The molecule has 0 amide bonds. The first-order valence-corrected chi connectivity index (χ1v) is 5.98. The van der Waals surface area contributed by atoms with Crippen LogP contribution < -0.4 is 10.6 Å². The Morgan fingerprint density at radius 3 is 2.87 bits per heavy atom. The minimum atomic E-state index is 0.0729. The van der Waals surface area contributed by atoms with Crippen molar-refractivity contribution in [3.63, 3.8) is 0 Å². The first-order valence-electron chi connectivity index (χ1n) is 4.81. The van der Waals surface area contributed by atoms with Gasteiger partial charge in [0.1, 0.15) is 5.75 Å². The van der Waals surface area contributed by atoms with Gasteiger partial charge in [-0.15, -0.1) is 0 Å².